The SMILES string of the molecule is CCCCc1ccc(C#CCCCN)cc1. The molecule has 1 aromatic carbocycles. The van der Waals surface area contributed by atoms with Crippen LogP contribution in [0.3, 0.4) is 0 Å². The van der Waals surface area contributed by atoms with Crippen LogP contribution in [0.15, 0.2) is 24.3 Å². The van der Waals surface area contributed by atoms with E-state index < -0.39 is 0 Å². The Morgan fingerprint density at radius 1 is 1.12 bits per heavy atom. The predicted octanol–water partition coefficient (Wildman–Crippen LogP) is 3.12. The molecule has 0 heterocycles. The lowest BCUT2D eigenvalue weighted by atomic mass is 10.1. The smallest absolute Gasteiger partial charge is 0.0245 e. The number of benzene rings is 1. The lowest BCUT2D eigenvalue weighted by Gasteiger charge is -1.99. The minimum Gasteiger partial charge on any atom is -0.330 e. The Labute approximate surface area is 99.1 Å². The van der Waals surface area contributed by atoms with E-state index in [9.17, 15) is 0 Å². The normalized spacial score (nSPS) is 9.62. The fraction of sp³-hybridized carbons (Fsp3) is 0.467. The van der Waals surface area contributed by atoms with Crippen LogP contribution in [0, 0.1) is 11.8 Å². The first-order valence-electron chi connectivity index (χ1n) is 6.14. The molecule has 0 unspecified atom stereocenters. The highest BCUT2D eigenvalue weighted by Crippen LogP contribution is 2.07. The number of aryl methyl sites for hydroxylation is 1. The molecular weight excluding hydrogens is 194 g/mol. The molecule has 0 saturated heterocycles. The van der Waals surface area contributed by atoms with E-state index in [1.807, 2.05) is 0 Å². The largest absolute Gasteiger partial charge is 0.330 e. The molecule has 1 heteroatoms. The van der Waals surface area contributed by atoms with E-state index >= 15 is 0 Å². The number of hydrogen-bond donors (Lipinski definition) is 1. The second-order valence-electron chi connectivity index (χ2n) is 3.99. The second kappa shape index (κ2) is 7.96. The third-order valence-corrected chi connectivity index (χ3v) is 2.51. The second-order valence-corrected chi connectivity index (χ2v) is 3.99. The monoisotopic (exact) mass is 215 g/mol. The fourth-order valence-electron chi connectivity index (χ4n) is 1.49. The molecule has 1 aromatic rings. The van der Waals surface area contributed by atoms with Crippen LogP contribution in [0.4, 0.5) is 0 Å². The zero-order valence-corrected chi connectivity index (χ0v) is 10.1. The average molecular weight is 215 g/mol. The van der Waals surface area contributed by atoms with Crippen LogP contribution < -0.4 is 5.73 Å². The van der Waals surface area contributed by atoms with Crippen molar-refractivity contribution in [2.75, 3.05) is 6.54 Å². The van der Waals surface area contributed by atoms with Gasteiger partial charge in [0, 0.05) is 12.0 Å². The van der Waals surface area contributed by atoms with Crippen molar-refractivity contribution in [2.45, 2.75) is 39.0 Å². The van der Waals surface area contributed by atoms with Crippen LogP contribution in [0.25, 0.3) is 0 Å². The third-order valence-electron chi connectivity index (χ3n) is 2.51. The van der Waals surface area contributed by atoms with Crippen molar-refractivity contribution >= 4 is 0 Å². The topological polar surface area (TPSA) is 26.0 Å². The van der Waals surface area contributed by atoms with Crippen LogP contribution in [-0.4, -0.2) is 6.54 Å². The lowest BCUT2D eigenvalue weighted by Crippen LogP contribution is -1.96. The van der Waals surface area contributed by atoms with Gasteiger partial charge in [0.2, 0.25) is 0 Å². The zero-order chi connectivity index (χ0) is 11.6. The standard InChI is InChI=1S/C15H21N/c1-2-3-7-14-9-11-15(12-10-14)8-5-4-6-13-16/h9-12H,2-4,6-7,13,16H2,1H3. The van der Waals surface area contributed by atoms with Crippen LogP contribution in [0.1, 0.15) is 43.7 Å². The Morgan fingerprint density at radius 3 is 2.50 bits per heavy atom. The van der Waals surface area contributed by atoms with Gasteiger partial charge in [-0.25, -0.2) is 0 Å². The Kier molecular flexibility index (Phi) is 6.37. The quantitative estimate of drug-likeness (QED) is 0.592. The Balaban J connectivity index is 2.46. The molecule has 0 spiro atoms. The minimum absolute atomic E-state index is 0.727. The molecular formula is C15H21N. The molecule has 16 heavy (non-hydrogen) atoms. The van der Waals surface area contributed by atoms with E-state index in [-0.39, 0.29) is 0 Å². The Morgan fingerprint density at radius 2 is 1.88 bits per heavy atom. The number of hydrogen-bond acceptors (Lipinski definition) is 1. The molecule has 0 bridgehead atoms. The molecule has 1 rings (SSSR count). The van der Waals surface area contributed by atoms with Gasteiger partial charge in [-0.1, -0.05) is 37.3 Å². The summed E-state index contributed by atoms with van der Waals surface area (Å²) < 4.78 is 0. The van der Waals surface area contributed by atoms with Crippen molar-refractivity contribution in [3.63, 3.8) is 0 Å². The number of unbranched alkanes of at least 4 members (excludes halogenated alkanes) is 2. The molecule has 1 nitrogen and oxygen atoms in total. The van der Waals surface area contributed by atoms with Crippen LogP contribution in [-0.2, 0) is 6.42 Å². The van der Waals surface area contributed by atoms with Gasteiger partial charge in [0.15, 0.2) is 0 Å². The van der Waals surface area contributed by atoms with Crippen LogP contribution in [0.5, 0.6) is 0 Å². The number of rotatable bonds is 5. The van der Waals surface area contributed by atoms with E-state index in [0.29, 0.717) is 0 Å². The van der Waals surface area contributed by atoms with E-state index in [1.54, 1.807) is 0 Å². The van der Waals surface area contributed by atoms with Gasteiger partial charge in [0.25, 0.3) is 0 Å². The van der Waals surface area contributed by atoms with Gasteiger partial charge in [-0.3, -0.25) is 0 Å². The highest BCUT2D eigenvalue weighted by Gasteiger charge is 1.92. The molecule has 0 aliphatic rings. The summed E-state index contributed by atoms with van der Waals surface area (Å²) in [5.41, 5.74) is 7.93. The van der Waals surface area contributed by atoms with Gasteiger partial charge >= 0.3 is 0 Å². The first-order chi connectivity index (χ1) is 7.86. The summed E-state index contributed by atoms with van der Waals surface area (Å²) in [5, 5.41) is 0. The highest BCUT2D eigenvalue weighted by molar-refractivity contribution is 5.36. The van der Waals surface area contributed by atoms with Crippen molar-refractivity contribution in [2.24, 2.45) is 5.73 Å². The van der Waals surface area contributed by atoms with E-state index in [0.717, 1.165) is 24.9 Å². The first kappa shape index (κ1) is 12.8. The van der Waals surface area contributed by atoms with Gasteiger partial charge in [-0.15, -0.1) is 0 Å². The molecule has 0 fully saturated rings. The molecule has 0 saturated carbocycles. The van der Waals surface area contributed by atoms with Crippen molar-refractivity contribution < 1.29 is 0 Å². The molecule has 2 N–H and O–H groups in total. The highest BCUT2D eigenvalue weighted by atomic mass is 14.5. The Bertz CT molecular complexity index is 340. The van der Waals surface area contributed by atoms with Gasteiger partial charge in [0.1, 0.15) is 0 Å². The lowest BCUT2D eigenvalue weighted by molar-refractivity contribution is 0.795. The average Bonchev–Trinajstić information content (AvgIpc) is 2.33. The summed E-state index contributed by atoms with van der Waals surface area (Å²) in [6.45, 7) is 2.95. The summed E-state index contributed by atoms with van der Waals surface area (Å²) in [4.78, 5) is 0. The predicted molar refractivity (Wildman–Crippen MR) is 70.2 cm³/mol. The number of nitrogens with two attached hydrogens (primary N) is 1. The summed E-state index contributed by atoms with van der Waals surface area (Å²) in [6, 6.07) is 8.59. The van der Waals surface area contributed by atoms with Crippen LogP contribution >= 0.6 is 0 Å². The molecule has 86 valence electrons. The summed E-state index contributed by atoms with van der Waals surface area (Å²) in [7, 11) is 0. The van der Waals surface area contributed by atoms with Gasteiger partial charge in [0.05, 0.1) is 0 Å². The molecule has 0 aliphatic heterocycles. The van der Waals surface area contributed by atoms with Crippen molar-refractivity contribution in [1.29, 1.82) is 0 Å². The van der Waals surface area contributed by atoms with Gasteiger partial charge in [-0.2, -0.15) is 0 Å². The van der Waals surface area contributed by atoms with Crippen molar-refractivity contribution in [3.8, 4) is 11.8 Å². The Hall–Kier alpha value is -1.26. The maximum absolute atomic E-state index is 5.41. The first-order valence-corrected chi connectivity index (χ1v) is 6.14. The maximum Gasteiger partial charge on any atom is 0.0245 e. The molecule has 0 aliphatic carbocycles. The van der Waals surface area contributed by atoms with Crippen molar-refractivity contribution in [1.82, 2.24) is 0 Å². The maximum atomic E-state index is 5.41. The third kappa shape index (κ3) is 5.00. The van der Waals surface area contributed by atoms with E-state index in [4.69, 9.17) is 5.73 Å². The summed E-state index contributed by atoms with van der Waals surface area (Å²) >= 11 is 0. The molecule has 0 atom stereocenters. The summed E-state index contributed by atoms with van der Waals surface area (Å²) in [5.74, 6) is 6.29. The van der Waals surface area contributed by atoms with E-state index in [2.05, 4.69) is 43.0 Å². The van der Waals surface area contributed by atoms with E-state index in [1.165, 1.54) is 24.8 Å². The molecule has 0 aromatic heterocycles. The van der Waals surface area contributed by atoms with Gasteiger partial charge in [-0.05, 0) is 43.5 Å². The zero-order valence-electron chi connectivity index (χ0n) is 10.1. The van der Waals surface area contributed by atoms with Gasteiger partial charge < -0.3 is 5.73 Å². The minimum atomic E-state index is 0.727. The van der Waals surface area contributed by atoms with Crippen molar-refractivity contribution in [3.05, 3.63) is 35.4 Å². The molecule has 0 amide bonds. The fourth-order valence-corrected chi connectivity index (χ4v) is 1.49. The molecule has 0 radical (unpaired) electrons. The summed E-state index contributed by atoms with van der Waals surface area (Å²) in [6.07, 6.45) is 5.58. The van der Waals surface area contributed by atoms with Crippen LogP contribution in [0.2, 0.25) is 0 Å².